The van der Waals surface area contributed by atoms with E-state index in [2.05, 4.69) is 45.5 Å². The third-order valence-electron chi connectivity index (χ3n) is 6.65. The van der Waals surface area contributed by atoms with Crippen molar-refractivity contribution in [3.63, 3.8) is 0 Å². The Morgan fingerprint density at radius 3 is 1.87 bits per heavy atom. The Morgan fingerprint density at radius 2 is 1.32 bits per heavy atom. The number of carbonyl (C=O) groups is 2. The molecule has 0 saturated heterocycles. The minimum absolute atomic E-state index is 0.0603. The van der Waals surface area contributed by atoms with Crippen molar-refractivity contribution < 1.29 is 9.59 Å². The standard InChI is InChI=1S/C33H33BrN2O2/c1-2-35-33(38)31(22-25-13-6-3-7-14-25)36(24-26-15-12-20-29(34)21-26)32(37)23-30(27-16-8-4-9-17-27)28-18-10-5-11-19-28/h3-21,30-31H,2,22-24H2,1H3,(H,35,38)/t31-/m1/s1. The Hall–Kier alpha value is -3.70. The molecule has 4 aromatic rings. The fourth-order valence-corrected chi connectivity index (χ4v) is 5.22. The SMILES string of the molecule is CCNC(=O)[C@@H](Cc1ccccc1)N(Cc1cccc(Br)c1)C(=O)CC(c1ccccc1)c1ccccc1. The van der Waals surface area contributed by atoms with Gasteiger partial charge in [-0.2, -0.15) is 0 Å². The summed E-state index contributed by atoms with van der Waals surface area (Å²) < 4.78 is 0.937. The molecule has 0 bridgehead atoms. The van der Waals surface area contributed by atoms with Gasteiger partial charge >= 0.3 is 0 Å². The van der Waals surface area contributed by atoms with E-state index in [4.69, 9.17) is 0 Å². The summed E-state index contributed by atoms with van der Waals surface area (Å²) in [4.78, 5) is 29.5. The first-order valence-electron chi connectivity index (χ1n) is 13.0. The largest absolute Gasteiger partial charge is 0.355 e. The molecular formula is C33H33BrN2O2. The molecular weight excluding hydrogens is 536 g/mol. The summed E-state index contributed by atoms with van der Waals surface area (Å²) in [5, 5.41) is 2.97. The fraction of sp³-hybridized carbons (Fsp3) is 0.212. The van der Waals surface area contributed by atoms with Crippen molar-refractivity contribution in [2.45, 2.75) is 38.3 Å². The number of rotatable bonds is 11. The zero-order valence-corrected chi connectivity index (χ0v) is 23.2. The lowest BCUT2D eigenvalue weighted by atomic mass is 9.87. The van der Waals surface area contributed by atoms with Crippen molar-refractivity contribution in [1.82, 2.24) is 10.2 Å². The summed E-state index contributed by atoms with van der Waals surface area (Å²) in [6.45, 7) is 2.74. The highest BCUT2D eigenvalue weighted by molar-refractivity contribution is 9.10. The molecule has 0 aliphatic heterocycles. The number of halogens is 1. The first kappa shape index (κ1) is 27.3. The predicted octanol–water partition coefficient (Wildman–Crippen LogP) is 6.75. The fourth-order valence-electron chi connectivity index (χ4n) is 4.77. The van der Waals surface area contributed by atoms with Crippen LogP contribution in [-0.4, -0.2) is 29.3 Å². The van der Waals surface area contributed by atoms with Crippen LogP contribution in [0.3, 0.4) is 0 Å². The first-order chi connectivity index (χ1) is 18.5. The van der Waals surface area contributed by atoms with Crippen LogP contribution < -0.4 is 5.32 Å². The van der Waals surface area contributed by atoms with E-state index < -0.39 is 6.04 Å². The van der Waals surface area contributed by atoms with E-state index in [1.54, 1.807) is 4.90 Å². The molecule has 0 heterocycles. The van der Waals surface area contributed by atoms with Crippen molar-refractivity contribution in [3.8, 4) is 0 Å². The maximum Gasteiger partial charge on any atom is 0.243 e. The number of carbonyl (C=O) groups excluding carboxylic acids is 2. The third-order valence-corrected chi connectivity index (χ3v) is 7.14. The van der Waals surface area contributed by atoms with Gasteiger partial charge in [0.1, 0.15) is 6.04 Å². The normalized spacial score (nSPS) is 11.7. The topological polar surface area (TPSA) is 49.4 Å². The molecule has 0 aliphatic rings. The van der Waals surface area contributed by atoms with E-state index in [0.717, 1.165) is 26.7 Å². The predicted molar refractivity (Wildman–Crippen MR) is 157 cm³/mol. The van der Waals surface area contributed by atoms with E-state index in [1.165, 1.54) is 0 Å². The molecule has 2 amide bonds. The van der Waals surface area contributed by atoms with Crippen molar-refractivity contribution >= 4 is 27.7 Å². The number of amides is 2. The molecule has 0 unspecified atom stereocenters. The molecule has 4 rings (SSSR count). The zero-order valence-electron chi connectivity index (χ0n) is 21.6. The van der Waals surface area contributed by atoms with E-state index in [1.807, 2.05) is 97.9 Å². The second kappa shape index (κ2) is 13.7. The Bertz CT molecular complexity index is 1270. The summed E-state index contributed by atoms with van der Waals surface area (Å²) in [6, 6.07) is 37.4. The van der Waals surface area contributed by atoms with E-state index >= 15 is 0 Å². The summed E-state index contributed by atoms with van der Waals surface area (Å²) in [5.74, 6) is -0.327. The summed E-state index contributed by atoms with van der Waals surface area (Å²) in [7, 11) is 0. The van der Waals surface area contributed by atoms with E-state index in [9.17, 15) is 9.59 Å². The van der Waals surface area contributed by atoms with Gasteiger partial charge < -0.3 is 10.2 Å². The van der Waals surface area contributed by atoms with Gasteiger partial charge in [-0.15, -0.1) is 0 Å². The van der Waals surface area contributed by atoms with Crippen LogP contribution in [0.5, 0.6) is 0 Å². The zero-order chi connectivity index (χ0) is 26.7. The van der Waals surface area contributed by atoms with Crippen LogP contribution >= 0.6 is 15.9 Å². The second-order valence-electron chi connectivity index (χ2n) is 9.33. The lowest BCUT2D eigenvalue weighted by Gasteiger charge is -2.33. The molecule has 38 heavy (non-hydrogen) atoms. The molecule has 0 radical (unpaired) electrons. The van der Waals surface area contributed by atoms with Crippen molar-refractivity contribution in [3.05, 3.63) is 142 Å². The van der Waals surface area contributed by atoms with Gasteiger partial charge in [-0.1, -0.05) is 119 Å². The van der Waals surface area contributed by atoms with Gasteiger partial charge in [0.25, 0.3) is 0 Å². The Labute approximate surface area is 233 Å². The molecule has 0 spiro atoms. The Kier molecular flexibility index (Phi) is 9.88. The highest BCUT2D eigenvalue weighted by Crippen LogP contribution is 2.30. The molecule has 4 nitrogen and oxygen atoms in total. The minimum atomic E-state index is -0.643. The summed E-state index contributed by atoms with van der Waals surface area (Å²) in [5.41, 5.74) is 4.13. The van der Waals surface area contributed by atoms with Crippen LogP contribution in [-0.2, 0) is 22.6 Å². The average Bonchev–Trinajstić information content (AvgIpc) is 2.95. The summed E-state index contributed by atoms with van der Waals surface area (Å²) in [6.07, 6.45) is 0.695. The van der Waals surface area contributed by atoms with Gasteiger partial charge in [0.2, 0.25) is 11.8 Å². The van der Waals surface area contributed by atoms with Crippen molar-refractivity contribution in [2.24, 2.45) is 0 Å². The van der Waals surface area contributed by atoms with Crippen molar-refractivity contribution in [2.75, 3.05) is 6.54 Å². The number of hydrogen-bond acceptors (Lipinski definition) is 2. The average molecular weight is 570 g/mol. The minimum Gasteiger partial charge on any atom is -0.355 e. The molecule has 0 aromatic heterocycles. The quantitative estimate of drug-likeness (QED) is 0.217. The van der Waals surface area contributed by atoms with Crippen LogP contribution in [0.4, 0.5) is 0 Å². The molecule has 0 aliphatic carbocycles. The summed E-state index contributed by atoms with van der Waals surface area (Å²) >= 11 is 3.55. The molecule has 4 aromatic carbocycles. The number of benzene rings is 4. The number of nitrogens with one attached hydrogen (secondary N) is 1. The highest BCUT2D eigenvalue weighted by atomic mass is 79.9. The smallest absolute Gasteiger partial charge is 0.243 e. The van der Waals surface area contributed by atoms with Gasteiger partial charge in [0.05, 0.1) is 0 Å². The molecule has 5 heteroatoms. The van der Waals surface area contributed by atoms with Crippen molar-refractivity contribution in [1.29, 1.82) is 0 Å². The number of hydrogen-bond donors (Lipinski definition) is 1. The van der Waals surface area contributed by atoms with Crippen LogP contribution in [0.25, 0.3) is 0 Å². The molecule has 1 atom stereocenters. The second-order valence-corrected chi connectivity index (χ2v) is 10.2. The maximum absolute atomic E-state index is 14.3. The van der Waals surface area contributed by atoms with E-state index in [0.29, 0.717) is 19.5 Å². The van der Waals surface area contributed by atoms with Crippen LogP contribution in [0.2, 0.25) is 0 Å². The highest BCUT2D eigenvalue weighted by Gasteiger charge is 2.32. The molecule has 0 fully saturated rings. The lowest BCUT2D eigenvalue weighted by Crippen LogP contribution is -2.50. The van der Waals surface area contributed by atoms with Gasteiger partial charge in [-0.25, -0.2) is 0 Å². The maximum atomic E-state index is 14.3. The monoisotopic (exact) mass is 568 g/mol. The molecule has 194 valence electrons. The van der Waals surface area contributed by atoms with E-state index in [-0.39, 0.29) is 24.2 Å². The number of nitrogens with zero attached hydrogens (tertiary/aromatic N) is 1. The van der Waals surface area contributed by atoms with Crippen LogP contribution in [0, 0.1) is 0 Å². The third kappa shape index (κ3) is 7.42. The van der Waals surface area contributed by atoms with Crippen LogP contribution in [0.15, 0.2) is 120 Å². The lowest BCUT2D eigenvalue weighted by molar-refractivity contribution is -0.141. The first-order valence-corrected chi connectivity index (χ1v) is 13.8. The van der Waals surface area contributed by atoms with Gasteiger partial charge in [0.15, 0.2) is 0 Å². The van der Waals surface area contributed by atoms with Gasteiger partial charge in [-0.05, 0) is 41.3 Å². The molecule has 0 saturated carbocycles. The molecule has 1 N–H and O–H groups in total. The van der Waals surface area contributed by atoms with Gasteiger partial charge in [0, 0.05) is 36.3 Å². The Morgan fingerprint density at radius 1 is 0.763 bits per heavy atom. The number of likely N-dealkylation sites (N-methyl/N-ethyl adjacent to an activating group) is 1. The van der Waals surface area contributed by atoms with Crippen LogP contribution in [0.1, 0.15) is 41.5 Å². The van der Waals surface area contributed by atoms with Gasteiger partial charge in [-0.3, -0.25) is 9.59 Å². The Balaban J connectivity index is 1.72.